The average molecular weight is 347 g/mol. The highest BCUT2D eigenvalue weighted by atomic mass is 19.1. The summed E-state index contributed by atoms with van der Waals surface area (Å²) in [5, 5.41) is 7.93. The largest absolute Gasteiger partial charge is 0.364 e. The van der Waals surface area contributed by atoms with Gasteiger partial charge in [-0.3, -0.25) is 4.98 Å². The first-order valence-corrected chi connectivity index (χ1v) is 8.38. The molecule has 4 rings (SSSR count). The molecule has 3 heterocycles. The van der Waals surface area contributed by atoms with Crippen molar-refractivity contribution in [1.82, 2.24) is 19.6 Å². The lowest BCUT2D eigenvalue weighted by Crippen LogP contribution is -2.10. The van der Waals surface area contributed by atoms with Crippen LogP contribution in [0.5, 0.6) is 0 Å². The lowest BCUT2D eigenvalue weighted by atomic mass is 10.1. The number of aryl methyl sites for hydroxylation is 1. The summed E-state index contributed by atoms with van der Waals surface area (Å²) in [6.07, 6.45) is 3.54. The normalized spacial score (nSPS) is 11.0. The van der Waals surface area contributed by atoms with Gasteiger partial charge in [-0.25, -0.2) is 9.37 Å². The second-order valence-corrected chi connectivity index (χ2v) is 6.15. The van der Waals surface area contributed by atoms with E-state index < -0.39 is 0 Å². The van der Waals surface area contributed by atoms with E-state index in [-0.39, 0.29) is 5.82 Å². The van der Waals surface area contributed by atoms with Gasteiger partial charge in [0.25, 0.3) is 0 Å². The first kappa shape index (κ1) is 16.2. The SMILES string of the molecule is Cc1nc2c(-c3ccc(F)cc3)cnn2c(NCc2ccccn2)c1C. The van der Waals surface area contributed by atoms with E-state index in [1.165, 1.54) is 12.1 Å². The Labute approximate surface area is 150 Å². The van der Waals surface area contributed by atoms with Crippen molar-refractivity contribution in [3.63, 3.8) is 0 Å². The number of aromatic nitrogens is 4. The van der Waals surface area contributed by atoms with Crippen molar-refractivity contribution in [1.29, 1.82) is 0 Å². The molecule has 0 aliphatic heterocycles. The molecule has 26 heavy (non-hydrogen) atoms. The van der Waals surface area contributed by atoms with Gasteiger partial charge in [-0.05, 0) is 43.7 Å². The monoisotopic (exact) mass is 347 g/mol. The molecule has 0 aliphatic carbocycles. The van der Waals surface area contributed by atoms with Crippen molar-refractivity contribution in [3.8, 4) is 11.1 Å². The number of fused-ring (bicyclic) bond motifs is 1. The van der Waals surface area contributed by atoms with Crippen LogP contribution in [-0.4, -0.2) is 19.6 Å². The summed E-state index contributed by atoms with van der Waals surface area (Å²) in [7, 11) is 0. The van der Waals surface area contributed by atoms with Crippen LogP contribution in [0, 0.1) is 19.7 Å². The number of rotatable bonds is 4. The number of hydrogen-bond acceptors (Lipinski definition) is 4. The van der Waals surface area contributed by atoms with E-state index in [4.69, 9.17) is 4.98 Å². The molecule has 4 aromatic rings. The number of benzene rings is 1. The molecule has 5 nitrogen and oxygen atoms in total. The highest BCUT2D eigenvalue weighted by Crippen LogP contribution is 2.28. The number of anilines is 1. The van der Waals surface area contributed by atoms with Gasteiger partial charge in [-0.2, -0.15) is 9.61 Å². The second-order valence-electron chi connectivity index (χ2n) is 6.15. The van der Waals surface area contributed by atoms with Gasteiger partial charge in [0.15, 0.2) is 5.65 Å². The van der Waals surface area contributed by atoms with Crippen LogP contribution in [0.1, 0.15) is 17.0 Å². The average Bonchev–Trinajstić information content (AvgIpc) is 3.07. The van der Waals surface area contributed by atoms with Gasteiger partial charge in [0, 0.05) is 23.0 Å². The standard InChI is InChI=1S/C20H18FN5/c1-13-14(2)25-20-18(15-6-8-16(21)9-7-15)12-24-26(20)19(13)23-11-17-5-3-4-10-22-17/h3-10,12,23H,11H2,1-2H3. The Hall–Kier alpha value is -3.28. The smallest absolute Gasteiger partial charge is 0.165 e. The zero-order chi connectivity index (χ0) is 18.1. The van der Waals surface area contributed by atoms with Gasteiger partial charge < -0.3 is 5.32 Å². The molecule has 0 saturated heterocycles. The van der Waals surface area contributed by atoms with Crippen LogP contribution in [0.25, 0.3) is 16.8 Å². The maximum atomic E-state index is 13.2. The van der Waals surface area contributed by atoms with Crippen LogP contribution in [0.2, 0.25) is 0 Å². The maximum Gasteiger partial charge on any atom is 0.165 e. The molecule has 130 valence electrons. The first-order valence-electron chi connectivity index (χ1n) is 8.38. The predicted molar refractivity (Wildman–Crippen MR) is 99.4 cm³/mol. The number of pyridine rings is 1. The molecular formula is C20H18FN5. The molecule has 0 saturated carbocycles. The van der Waals surface area contributed by atoms with Crippen molar-refractivity contribution in [2.24, 2.45) is 0 Å². The highest BCUT2D eigenvalue weighted by Gasteiger charge is 2.15. The molecule has 3 aromatic heterocycles. The number of halogens is 1. The molecular weight excluding hydrogens is 329 g/mol. The Balaban J connectivity index is 1.77. The van der Waals surface area contributed by atoms with Crippen LogP contribution >= 0.6 is 0 Å². The Bertz CT molecular complexity index is 1060. The van der Waals surface area contributed by atoms with Gasteiger partial charge in [0.1, 0.15) is 11.6 Å². The van der Waals surface area contributed by atoms with Crippen LogP contribution in [0.15, 0.2) is 54.9 Å². The minimum atomic E-state index is -0.261. The van der Waals surface area contributed by atoms with E-state index in [1.807, 2.05) is 32.0 Å². The number of nitrogens with one attached hydrogen (secondary N) is 1. The zero-order valence-corrected chi connectivity index (χ0v) is 14.6. The van der Waals surface area contributed by atoms with Crippen LogP contribution in [-0.2, 0) is 6.54 Å². The Kier molecular flexibility index (Phi) is 4.08. The minimum absolute atomic E-state index is 0.261. The topological polar surface area (TPSA) is 55.1 Å². The Morgan fingerprint density at radius 1 is 1.08 bits per heavy atom. The molecule has 6 heteroatoms. The molecule has 0 unspecified atom stereocenters. The predicted octanol–water partition coefficient (Wildman–Crippen LogP) is 4.16. The number of hydrogen-bond donors (Lipinski definition) is 1. The Morgan fingerprint density at radius 2 is 1.88 bits per heavy atom. The second kappa shape index (κ2) is 6.55. The summed E-state index contributed by atoms with van der Waals surface area (Å²) in [4.78, 5) is 9.04. The van der Waals surface area contributed by atoms with Crippen molar-refractivity contribution in [2.45, 2.75) is 20.4 Å². The molecule has 0 fully saturated rings. The van der Waals surface area contributed by atoms with E-state index in [1.54, 1.807) is 29.0 Å². The van der Waals surface area contributed by atoms with Crippen LogP contribution < -0.4 is 5.32 Å². The quantitative estimate of drug-likeness (QED) is 0.602. The number of nitrogens with zero attached hydrogens (tertiary/aromatic N) is 4. The minimum Gasteiger partial charge on any atom is -0.364 e. The van der Waals surface area contributed by atoms with Gasteiger partial charge in [0.2, 0.25) is 0 Å². The van der Waals surface area contributed by atoms with Crippen molar-refractivity contribution >= 4 is 11.5 Å². The lowest BCUT2D eigenvalue weighted by molar-refractivity contribution is 0.628. The summed E-state index contributed by atoms with van der Waals surface area (Å²) in [6.45, 7) is 4.58. The zero-order valence-electron chi connectivity index (χ0n) is 14.6. The Morgan fingerprint density at radius 3 is 2.62 bits per heavy atom. The van der Waals surface area contributed by atoms with Crippen LogP contribution in [0.4, 0.5) is 10.2 Å². The van der Waals surface area contributed by atoms with Crippen molar-refractivity contribution in [2.75, 3.05) is 5.32 Å². The van der Waals surface area contributed by atoms with E-state index in [9.17, 15) is 4.39 Å². The third-order valence-electron chi connectivity index (χ3n) is 4.45. The summed E-state index contributed by atoms with van der Waals surface area (Å²) >= 11 is 0. The fraction of sp³-hybridized carbons (Fsp3) is 0.150. The fourth-order valence-corrected chi connectivity index (χ4v) is 2.90. The van der Waals surface area contributed by atoms with Gasteiger partial charge >= 0.3 is 0 Å². The van der Waals surface area contributed by atoms with E-state index in [2.05, 4.69) is 15.4 Å². The molecule has 0 radical (unpaired) electrons. The molecule has 0 aliphatic rings. The van der Waals surface area contributed by atoms with Crippen molar-refractivity contribution in [3.05, 3.63) is 77.6 Å². The van der Waals surface area contributed by atoms with E-state index in [0.29, 0.717) is 6.54 Å². The molecule has 0 bridgehead atoms. The lowest BCUT2D eigenvalue weighted by Gasteiger charge is -2.13. The first-order chi connectivity index (χ1) is 12.6. The van der Waals surface area contributed by atoms with Gasteiger partial charge in [0.05, 0.1) is 18.4 Å². The summed E-state index contributed by atoms with van der Waals surface area (Å²) in [5.74, 6) is 0.620. The summed E-state index contributed by atoms with van der Waals surface area (Å²) in [5.41, 5.74) is 5.39. The summed E-state index contributed by atoms with van der Waals surface area (Å²) < 4.78 is 15.0. The van der Waals surface area contributed by atoms with E-state index in [0.717, 1.165) is 39.5 Å². The van der Waals surface area contributed by atoms with Gasteiger partial charge in [-0.15, -0.1) is 0 Å². The third-order valence-corrected chi connectivity index (χ3v) is 4.45. The molecule has 1 N–H and O–H groups in total. The molecule has 0 amide bonds. The van der Waals surface area contributed by atoms with Gasteiger partial charge in [-0.1, -0.05) is 18.2 Å². The summed E-state index contributed by atoms with van der Waals surface area (Å²) in [6, 6.07) is 12.2. The van der Waals surface area contributed by atoms with Crippen LogP contribution in [0.3, 0.4) is 0 Å². The fourth-order valence-electron chi connectivity index (χ4n) is 2.90. The molecule has 1 aromatic carbocycles. The van der Waals surface area contributed by atoms with E-state index >= 15 is 0 Å². The maximum absolute atomic E-state index is 13.2. The molecule has 0 atom stereocenters. The molecule has 0 spiro atoms. The third kappa shape index (κ3) is 2.90. The highest BCUT2D eigenvalue weighted by molar-refractivity contribution is 5.78. The van der Waals surface area contributed by atoms with Crippen molar-refractivity contribution < 1.29 is 4.39 Å².